The molecular formula is C26H46N6O6SSi2. The fraction of sp³-hybridized carbons (Fsp3) is 0.731. The van der Waals surface area contributed by atoms with Crippen LogP contribution in [0.3, 0.4) is 0 Å². The van der Waals surface area contributed by atoms with E-state index < -0.39 is 50.8 Å². The van der Waals surface area contributed by atoms with Crippen molar-refractivity contribution >= 4 is 43.7 Å². The van der Waals surface area contributed by atoms with Crippen molar-refractivity contribution in [3.8, 4) is 0 Å². The van der Waals surface area contributed by atoms with Crippen LogP contribution in [0.15, 0.2) is 23.8 Å². The third-order valence-electron chi connectivity index (χ3n) is 9.11. The average molecular weight is 627 g/mol. The van der Waals surface area contributed by atoms with E-state index >= 15 is 0 Å². The van der Waals surface area contributed by atoms with Gasteiger partial charge in [0.05, 0.1) is 24.0 Å². The third kappa shape index (κ3) is 5.49. The van der Waals surface area contributed by atoms with E-state index in [9.17, 15) is 8.42 Å². The van der Waals surface area contributed by atoms with Crippen molar-refractivity contribution in [2.45, 2.75) is 102 Å². The number of anilines is 1. The van der Waals surface area contributed by atoms with Gasteiger partial charge < -0.3 is 24.2 Å². The minimum Gasteiger partial charge on any atom is -0.414 e. The summed E-state index contributed by atoms with van der Waals surface area (Å²) >= 11 is 0. The Balaban J connectivity index is 1.91. The van der Waals surface area contributed by atoms with Crippen molar-refractivity contribution < 1.29 is 26.2 Å². The second-order valence-corrected chi connectivity index (χ2v) is 25.2. The van der Waals surface area contributed by atoms with Gasteiger partial charge in [0, 0.05) is 14.1 Å². The Bertz CT molecular complexity index is 1450. The molecule has 15 heteroatoms. The predicted molar refractivity (Wildman–Crippen MR) is 164 cm³/mol. The van der Waals surface area contributed by atoms with Crippen LogP contribution < -0.4 is 10.6 Å². The van der Waals surface area contributed by atoms with Gasteiger partial charge >= 0.3 is 0 Å². The Kier molecular flexibility index (Phi) is 7.89. The molecule has 2 aromatic heterocycles. The van der Waals surface area contributed by atoms with Crippen LogP contribution in [0.25, 0.3) is 11.2 Å². The van der Waals surface area contributed by atoms with Crippen LogP contribution in [0.4, 0.5) is 5.82 Å². The van der Waals surface area contributed by atoms with E-state index in [4.69, 9.17) is 23.5 Å². The fourth-order valence-electron chi connectivity index (χ4n) is 4.57. The van der Waals surface area contributed by atoms with Gasteiger partial charge in [0.1, 0.15) is 18.5 Å². The summed E-state index contributed by atoms with van der Waals surface area (Å²) in [5.41, 5.74) is 6.06. The monoisotopic (exact) mass is 626 g/mol. The molecule has 41 heavy (non-hydrogen) atoms. The lowest BCUT2D eigenvalue weighted by Gasteiger charge is -2.43. The van der Waals surface area contributed by atoms with Crippen LogP contribution in [0, 0.1) is 0 Å². The number of imidazole rings is 1. The number of fused-ring (bicyclic) bond motifs is 1. The zero-order valence-corrected chi connectivity index (χ0v) is 29.2. The Labute approximate surface area is 246 Å². The molecule has 0 aliphatic carbocycles. The van der Waals surface area contributed by atoms with Gasteiger partial charge in [0.15, 0.2) is 45.4 Å². The third-order valence-corrected chi connectivity index (χ3v) is 19.1. The van der Waals surface area contributed by atoms with Gasteiger partial charge in [-0.1, -0.05) is 41.5 Å². The molecule has 2 aromatic rings. The minimum absolute atomic E-state index is 0.0283. The fourth-order valence-corrected chi connectivity index (χ4v) is 8.07. The van der Waals surface area contributed by atoms with Crippen molar-refractivity contribution in [1.82, 2.24) is 19.5 Å². The average Bonchev–Trinajstić information content (AvgIpc) is 3.42. The maximum absolute atomic E-state index is 13.0. The lowest BCUT2D eigenvalue weighted by molar-refractivity contribution is -0.0535. The van der Waals surface area contributed by atoms with Crippen molar-refractivity contribution in [3.63, 3.8) is 0 Å². The summed E-state index contributed by atoms with van der Waals surface area (Å²) in [4.78, 5) is 15.4. The van der Waals surface area contributed by atoms with Crippen LogP contribution >= 0.6 is 0 Å². The smallest absolute Gasteiger partial charge is 0.292 e. The van der Waals surface area contributed by atoms with Crippen LogP contribution in [0.2, 0.25) is 36.3 Å². The zero-order chi connectivity index (χ0) is 31.0. The normalized spacial score (nSPS) is 27.1. The van der Waals surface area contributed by atoms with Crippen molar-refractivity contribution in [1.29, 1.82) is 0 Å². The Morgan fingerprint density at radius 3 is 2.17 bits per heavy atom. The number of hydrogen-bond donors (Lipinski definition) is 1. The van der Waals surface area contributed by atoms with E-state index in [0.717, 1.165) is 5.41 Å². The van der Waals surface area contributed by atoms with E-state index in [0.29, 0.717) is 17.0 Å². The minimum atomic E-state index is -4.11. The Morgan fingerprint density at radius 1 is 1.05 bits per heavy atom. The number of ether oxygens (including phenoxy) is 1. The van der Waals surface area contributed by atoms with Crippen molar-refractivity contribution in [2.75, 3.05) is 25.6 Å². The lowest BCUT2D eigenvalue weighted by atomic mass is 9.89. The molecular weight excluding hydrogens is 581 g/mol. The first-order valence-electron chi connectivity index (χ1n) is 13.8. The van der Waals surface area contributed by atoms with Gasteiger partial charge in [-0.25, -0.2) is 19.1 Å². The number of nitrogens with zero attached hydrogens (tertiary/aromatic N) is 5. The van der Waals surface area contributed by atoms with E-state index in [1.807, 2.05) is 19.0 Å². The molecule has 0 radical (unpaired) electrons. The molecule has 4 rings (SSSR count). The van der Waals surface area contributed by atoms with Gasteiger partial charge in [0.2, 0.25) is 0 Å². The number of hydrogen-bond acceptors (Lipinski definition) is 11. The van der Waals surface area contributed by atoms with E-state index in [1.54, 1.807) is 10.9 Å². The van der Waals surface area contributed by atoms with Crippen LogP contribution in [-0.4, -0.2) is 83.1 Å². The summed E-state index contributed by atoms with van der Waals surface area (Å²) in [6, 6.07) is 0. The Hall–Kier alpha value is -1.89. The van der Waals surface area contributed by atoms with E-state index in [2.05, 4.69) is 82.7 Å². The highest BCUT2D eigenvalue weighted by Crippen LogP contribution is 2.52. The molecule has 2 aliphatic rings. The molecule has 1 fully saturated rings. The molecule has 0 unspecified atom stereocenters. The topological polar surface area (TPSA) is 144 Å². The van der Waals surface area contributed by atoms with Gasteiger partial charge in [-0.15, -0.1) is 0 Å². The molecule has 1 spiro atoms. The predicted octanol–water partition coefficient (Wildman–Crippen LogP) is 4.10. The maximum Gasteiger partial charge on any atom is 0.292 e. The summed E-state index contributed by atoms with van der Waals surface area (Å²) < 4.78 is 54.0. The molecule has 4 atom stereocenters. The first-order chi connectivity index (χ1) is 18.5. The molecule has 0 aromatic carbocycles. The summed E-state index contributed by atoms with van der Waals surface area (Å²) in [5, 5.41) is 0.680. The molecule has 12 nitrogen and oxygen atoms in total. The zero-order valence-electron chi connectivity index (χ0n) is 26.3. The van der Waals surface area contributed by atoms with Crippen LogP contribution in [0.1, 0.15) is 47.8 Å². The Morgan fingerprint density at radius 2 is 1.66 bits per heavy atom. The summed E-state index contributed by atoms with van der Waals surface area (Å²) in [6.07, 6.45) is 0.380. The second kappa shape index (κ2) is 10.1. The standard InChI is InChI=1S/C26H46N6O6SSi2/c1-24(2,3)40(9,10)35-13-18-26(17(27)14-39(33,34)38-26)20(37-41(11,12)25(4,5)6)23(36-18)32-16-30-19-21(31(7)8)28-15-29-22(19)32/h14-16,18,20,23H,13,27H2,1-12H3/t18-,20+,23-,26-/m1/s1. The molecule has 2 N–H and O–H groups in total. The first-order valence-corrected chi connectivity index (χ1v) is 21.1. The SMILES string of the molecule is CN(C)c1ncnc2c1ncn2[C@@H]1O[C@H](CO[Si](C)(C)C(C)(C)C)[C@@]2(OS(=O)(=O)C=C2N)[C@H]1O[Si](C)(C)C(C)(C)C. The molecule has 2 aliphatic heterocycles. The number of rotatable bonds is 7. The molecule has 1 saturated heterocycles. The van der Waals surface area contributed by atoms with Gasteiger partial charge in [-0.3, -0.25) is 4.57 Å². The van der Waals surface area contributed by atoms with Gasteiger partial charge in [-0.2, -0.15) is 8.42 Å². The summed E-state index contributed by atoms with van der Waals surface area (Å²) in [6.45, 7) is 21.3. The summed E-state index contributed by atoms with van der Waals surface area (Å²) in [5.74, 6) is 0.639. The molecule has 0 bridgehead atoms. The highest BCUT2D eigenvalue weighted by Gasteiger charge is 2.67. The maximum atomic E-state index is 13.0. The molecule has 0 amide bonds. The van der Waals surface area contributed by atoms with Gasteiger partial charge in [-0.05, 0) is 36.3 Å². The highest BCUT2D eigenvalue weighted by atomic mass is 32.2. The summed E-state index contributed by atoms with van der Waals surface area (Å²) in [7, 11) is -5.18. The van der Waals surface area contributed by atoms with E-state index in [1.165, 1.54) is 6.33 Å². The molecule has 230 valence electrons. The van der Waals surface area contributed by atoms with Gasteiger partial charge in [0.25, 0.3) is 10.1 Å². The highest BCUT2D eigenvalue weighted by molar-refractivity contribution is 7.90. The second-order valence-electron chi connectivity index (χ2n) is 14.2. The number of aromatic nitrogens is 4. The largest absolute Gasteiger partial charge is 0.414 e. The van der Waals surface area contributed by atoms with Crippen LogP contribution in [-0.2, 0) is 27.9 Å². The molecule has 4 heterocycles. The number of nitrogens with two attached hydrogens (primary N) is 1. The quantitative estimate of drug-likeness (QED) is 0.350. The van der Waals surface area contributed by atoms with Crippen LogP contribution in [0.5, 0.6) is 0 Å². The lowest BCUT2D eigenvalue weighted by Crippen LogP contribution is -2.59. The van der Waals surface area contributed by atoms with E-state index in [-0.39, 0.29) is 22.4 Å². The van der Waals surface area contributed by atoms with Crippen molar-refractivity contribution in [3.05, 3.63) is 23.8 Å². The molecule has 0 saturated carbocycles. The first kappa shape index (κ1) is 32.0. The van der Waals surface area contributed by atoms with Crippen molar-refractivity contribution in [2.24, 2.45) is 5.73 Å².